The second-order valence-electron chi connectivity index (χ2n) is 27.8. The topological polar surface area (TPSA) is 0 Å². The van der Waals surface area contributed by atoms with E-state index in [0.29, 0.717) is 0 Å². The fourth-order valence-electron chi connectivity index (χ4n) is 17.9. The van der Waals surface area contributed by atoms with Gasteiger partial charge < -0.3 is 0 Å². The quantitative estimate of drug-likeness (QED) is 0.151. The Hall–Kier alpha value is -12.8. The fraction of sp³-hybridized carbons (Fsp3) is 0. The summed E-state index contributed by atoms with van der Waals surface area (Å²) in [7, 11) is 0. The molecule has 2 heteroatoms. The lowest BCUT2D eigenvalue weighted by Gasteiger charge is -2.18. The average Bonchev–Trinajstić information content (AvgIpc) is 0.871. The first kappa shape index (κ1) is 58.9. The molecule has 0 saturated heterocycles. The second-order valence-corrected chi connectivity index (χ2v) is 30.0. The van der Waals surface area contributed by atoms with E-state index in [2.05, 4.69) is 364 Å². The van der Waals surface area contributed by atoms with E-state index in [1.807, 2.05) is 22.7 Å². The van der Waals surface area contributed by atoms with Crippen LogP contribution in [0.4, 0.5) is 0 Å². The molecule has 0 unspecified atom stereocenters. The first-order valence-corrected chi connectivity index (χ1v) is 37.6. The van der Waals surface area contributed by atoms with Crippen LogP contribution in [0, 0.1) is 0 Å². The first-order chi connectivity index (χ1) is 51.6. The van der Waals surface area contributed by atoms with E-state index < -0.39 is 0 Å². The van der Waals surface area contributed by atoms with Crippen LogP contribution in [-0.4, -0.2) is 0 Å². The number of benzene rings is 21. The van der Waals surface area contributed by atoms with Crippen molar-refractivity contribution in [1.82, 2.24) is 0 Å². The monoisotopic (exact) mass is 1350 g/mol. The summed E-state index contributed by atoms with van der Waals surface area (Å²) < 4.78 is 5.37. The minimum absolute atomic E-state index is 1.23. The SMILES string of the molecule is c1ccc(-c2ccc3c(c2)c2ccccc2c2c4ccc(-c5cccc6c(-c7cccc8c7sc7ccccc78)cccc56)cc4c4ccccc4c32)cc1.c1ccc2c(c1)sc1c(-c3ccc(-c4ccc5c(c4)c4ccccc4c4c6ccccc6c6ccccc6c54)c4ccccc34)cccc12. The molecule has 0 aliphatic rings. The Morgan fingerprint density at radius 1 is 0.125 bits per heavy atom. The zero-order chi connectivity index (χ0) is 68.1. The van der Waals surface area contributed by atoms with Gasteiger partial charge in [-0.05, 0) is 204 Å². The van der Waals surface area contributed by atoms with Gasteiger partial charge in [-0.1, -0.05) is 334 Å². The van der Waals surface area contributed by atoms with Gasteiger partial charge in [-0.2, -0.15) is 0 Å². The van der Waals surface area contributed by atoms with Crippen molar-refractivity contribution in [3.8, 4) is 55.6 Å². The van der Waals surface area contributed by atoms with Crippen molar-refractivity contribution >= 4 is 192 Å². The molecule has 2 heterocycles. The van der Waals surface area contributed by atoms with Crippen LogP contribution in [0.1, 0.15) is 0 Å². The molecule has 0 bridgehead atoms. The average molecular weight is 1350 g/mol. The standard InChI is InChI=1S/C54H32S.C48H28S/c1-2-13-33(14-3-1)34-27-29-45-49(31-34)40-15-4-6-18-43(40)53-46-30-28-35(32-50(46)41-16-5-7-19-44(41)52(45)53)36-20-10-22-38-37(36)21-11-23-39(38)47-24-12-25-48-42-17-8-9-26-51(42)55-54(47)48;1-2-13-32-31(12-1)30(26-27-36(32)42-21-11-22-43-37-17-9-10-23-45(37)49-48(42)43)29-24-25-41-44(28-29)35-16-5-8-20-40(35)46-38-18-6-3-14-33(38)34-15-4-7-19-39(34)47(41)46/h1-32H;1-28H. The molecule has 0 saturated carbocycles. The minimum atomic E-state index is 1.23. The lowest BCUT2D eigenvalue weighted by atomic mass is 9.85. The molecule has 0 radical (unpaired) electrons. The highest BCUT2D eigenvalue weighted by Crippen LogP contribution is 2.51. The molecule has 21 aromatic carbocycles. The molecule has 104 heavy (non-hydrogen) atoms. The van der Waals surface area contributed by atoms with Crippen molar-refractivity contribution in [3.63, 3.8) is 0 Å². The van der Waals surface area contributed by atoms with Gasteiger partial charge in [0.05, 0.1) is 0 Å². The summed E-state index contributed by atoms with van der Waals surface area (Å²) in [4.78, 5) is 0. The van der Waals surface area contributed by atoms with Crippen LogP contribution in [0.2, 0.25) is 0 Å². The molecular formula is C102H60S2. The molecule has 0 spiro atoms. The van der Waals surface area contributed by atoms with Gasteiger partial charge in [0.25, 0.3) is 0 Å². The fourth-order valence-corrected chi connectivity index (χ4v) is 20.4. The van der Waals surface area contributed by atoms with Gasteiger partial charge in [-0.3, -0.25) is 0 Å². The van der Waals surface area contributed by atoms with Crippen molar-refractivity contribution in [2.75, 3.05) is 0 Å². The van der Waals surface area contributed by atoms with Crippen molar-refractivity contribution in [2.24, 2.45) is 0 Å². The molecule has 2 aromatic heterocycles. The highest BCUT2D eigenvalue weighted by atomic mass is 32.1. The summed E-state index contributed by atoms with van der Waals surface area (Å²) in [6.07, 6.45) is 0. The first-order valence-electron chi connectivity index (χ1n) is 35.9. The van der Waals surface area contributed by atoms with Crippen LogP contribution in [0.5, 0.6) is 0 Å². The van der Waals surface area contributed by atoms with E-state index in [1.54, 1.807) is 0 Å². The van der Waals surface area contributed by atoms with Gasteiger partial charge >= 0.3 is 0 Å². The van der Waals surface area contributed by atoms with Crippen molar-refractivity contribution < 1.29 is 0 Å². The van der Waals surface area contributed by atoms with E-state index in [0.717, 1.165) is 0 Å². The van der Waals surface area contributed by atoms with E-state index in [-0.39, 0.29) is 0 Å². The van der Waals surface area contributed by atoms with E-state index >= 15 is 0 Å². The Labute approximate surface area is 607 Å². The van der Waals surface area contributed by atoms with Crippen LogP contribution in [0.3, 0.4) is 0 Å². The largest absolute Gasteiger partial charge is 0.135 e. The Morgan fingerprint density at radius 2 is 0.385 bits per heavy atom. The zero-order valence-corrected chi connectivity index (χ0v) is 58.1. The summed E-state index contributed by atoms with van der Waals surface area (Å²) in [5.74, 6) is 0. The Balaban J connectivity index is 0.000000132. The molecule has 480 valence electrons. The number of thiophene rings is 2. The highest BCUT2D eigenvalue weighted by Gasteiger charge is 2.22. The van der Waals surface area contributed by atoms with Crippen LogP contribution in [-0.2, 0) is 0 Å². The maximum absolute atomic E-state index is 2.45. The Bertz CT molecular complexity index is 7600. The number of hydrogen-bond donors (Lipinski definition) is 0. The summed E-state index contributed by atoms with van der Waals surface area (Å²) in [5, 5.41) is 36.6. The van der Waals surface area contributed by atoms with Gasteiger partial charge in [0, 0.05) is 51.5 Å². The van der Waals surface area contributed by atoms with Gasteiger partial charge in [0.15, 0.2) is 0 Å². The molecule has 0 fully saturated rings. The van der Waals surface area contributed by atoms with Crippen LogP contribution >= 0.6 is 22.7 Å². The normalized spacial score (nSPS) is 12.0. The summed E-state index contributed by atoms with van der Waals surface area (Å²) in [6.45, 7) is 0. The molecule has 23 aromatic rings. The van der Waals surface area contributed by atoms with Crippen molar-refractivity contribution in [2.45, 2.75) is 0 Å². The lowest BCUT2D eigenvalue weighted by Crippen LogP contribution is -1.90. The predicted octanol–water partition coefficient (Wildman–Crippen LogP) is 30.3. The molecule has 0 N–H and O–H groups in total. The third-order valence-corrected chi connectivity index (χ3v) is 24.9. The molecule has 0 aliphatic heterocycles. The van der Waals surface area contributed by atoms with E-state index in [4.69, 9.17) is 0 Å². The van der Waals surface area contributed by atoms with Gasteiger partial charge in [-0.15, -0.1) is 22.7 Å². The van der Waals surface area contributed by atoms with Crippen LogP contribution in [0.25, 0.3) is 225 Å². The molecule has 0 atom stereocenters. The maximum Gasteiger partial charge on any atom is 0.0434 e. The highest BCUT2D eigenvalue weighted by molar-refractivity contribution is 7.26. The minimum Gasteiger partial charge on any atom is -0.135 e. The van der Waals surface area contributed by atoms with Gasteiger partial charge in [-0.25, -0.2) is 0 Å². The Kier molecular flexibility index (Phi) is 13.2. The molecule has 23 rings (SSSR count). The summed E-state index contributed by atoms with van der Waals surface area (Å²) >= 11 is 3.79. The van der Waals surface area contributed by atoms with Gasteiger partial charge in [0.1, 0.15) is 0 Å². The van der Waals surface area contributed by atoms with E-state index in [1.165, 1.54) is 225 Å². The number of fused-ring (bicyclic) bond motifs is 30. The van der Waals surface area contributed by atoms with Crippen LogP contribution in [0.15, 0.2) is 364 Å². The predicted molar refractivity (Wildman–Crippen MR) is 456 cm³/mol. The number of hydrogen-bond acceptors (Lipinski definition) is 2. The molecule has 0 amide bonds. The molecular weight excluding hydrogens is 1290 g/mol. The lowest BCUT2D eigenvalue weighted by molar-refractivity contribution is 1.65. The zero-order valence-electron chi connectivity index (χ0n) is 56.5. The Morgan fingerprint density at radius 3 is 0.808 bits per heavy atom. The summed E-state index contributed by atoms with van der Waals surface area (Å²) in [5.41, 5.74) is 12.6. The van der Waals surface area contributed by atoms with Crippen molar-refractivity contribution in [3.05, 3.63) is 364 Å². The maximum atomic E-state index is 2.45. The third-order valence-electron chi connectivity index (χ3n) is 22.5. The molecule has 0 nitrogen and oxygen atoms in total. The van der Waals surface area contributed by atoms with Crippen LogP contribution < -0.4 is 0 Å². The summed E-state index contributed by atoms with van der Waals surface area (Å²) in [6, 6.07) is 135. The van der Waals surface area contributed by atoms with Crippen molar-refractivity contribution in [1.29, 1.82) is 0 Å². The second kappa shape index (κ2) is 23.4. The van der Waals surface area contributed by atoms with E-state index in [9.17, 15) is 0 Å². The molecule has 0 aliphatic carbocycles. The smallest absolute Gasteiger partial charge is 0.0434 e. The third kappa shape index (κ3) is 8.90. The number of rotatable bonds is 5. The van der Waals surface area contributed by atoms with Gasteiger partial charge in [0.2, 0.25) is 0 Å².